The normalized spacial score (nSPS) is 18.0. The van der Waals surface area contributed by atoms with Crippen LogP contribution in [-0.2, 0) is 6.54 Å². The Morgan fingerprint density at radius 3 is 2.90 bits per heavy atom. The van der Waals surface area contributed by atoms with Crippen molar-refractivity contribution in [1.82, 2.24) is 10.2 Å². The van der Waals surface area contributed by atoms with Gasteiger partial charge in [-0.15, -0.1) is 0 Å². The number of benzene rings is 1. The number of likely N-dealkylation sites (tertiary alicyclic amines) is 1. The van der Waals surface area contributed by atoms with E-state index in [4.69, 9.17) is 10.9 Å². The highest BCUT2D eigenvalue weighted by atomic mass is 16.4. The van der Waals surface area contributed by atoms with Gasteiger partial charge in [-0.05, 0) is 50.0 Å². The highest BCUT2D eigenvalue weighted by Crippen LogP contribution is 2.10. The third-order valence-corrected chi connectivity index (χ3v) is 3.92. The first-order valence-electron chi connectivity index (χ1n) is 7.69. The van der Waals surface area contributed by atoms with Gasteiger partial charge in [0.2, 0.25) is 0 Å². The van der Waals surface area contributed by atoms with Crippen LogP contribution in [0.4, 0.5) is 0 Å². The molecule has 0 aromatic heterocycles. The van der Waals surface area contributed by atoms with Crippen molar-refractivity contribution in [3.05, 3.63) is 35.4 Å². The molecule has 0 saturated carbocycles. The van der Waals surface area contributed by atoms with Gasteiger partial charge in [0, 0.05) is 18.7 Å². The van der Waals surface area contributed by atoms with Gasteiger partial charge in [-0.25, -0.2) is 0 Å². The Hall–Kier alpha value is -1.59. The van der Waals surface area contributed by atoms with Crippen molar-refractivity contribution >= 4 is 5.84 Å². The first-order chi connectivity index (χ1) is 10.2. The molecule has 1 aliphatic heterocycles. The Bertz CT molecular complexity index is 469. The summed E-state index contributed by atoms with van der Waals surface area (Å²) in [4.78, 5) is 2.55. The molecule has 1 heterocycles. The molecule has 1 aromatic carbocycles. The van der Waals surface area contributed by atoms with Gasteiger partial charge in [-0.3, -0.25) is 0 Å². The van der Waals surface area contributed by atoms with Crippen LogP contribution < -0.4 is 11.1 Å². The summed E-state index contributed by atoms with van der Waals surface area (Å²) in [5.41, 5.74) is 7.50. The van der Waals surface area contributed by atoms with E-state index in [0.29, 0.717) is 5.92 Å². The van der Waals surface area contributed by atoms with Crippen LogP contribution in [0.25, 0.3) is 0 Å². The van der Waals surface area contributed by atoms with Crippen LogP contribution in [0.2, 0.25) is 0 Å². The molecule has 0 spiro atoms. The molecular formula is C16H26N4O. The topological polar surface area (TPSA) is 73.9 Å². The van der Waals surface area contributed by atoms with E-state index in [-0.39, 0.29) is 5.84 Å². The lowest BCUT2D eigenvalue weighted by atomic mass is 10.1. The predicted molar refractivity (Wildman–Crippen MR) is 85.5 cm³/mol. The van der Waals surface area contributed by atoms with E-state index in [1.807, 2.05) is 24.3 Å². The number of hydrogen-bond acceptors (Lipinski definition) is 4. The lowest BCUT2D eigenvalue weighted by molar-refractivity contribution is 0.282. The fourth-order valence-electron chi connectivity index (χ4n) is 2.83. The average molecular weight is 290 g/mol. The molecule has 5 nitrogen and oxygen atoms in total. The fraction of sp³-hybridized carbons (Fsp3) is 0.562. The van der Waals surface area contributed by atoms with E-state index in [1.165, 1.54) is 32.5 Å². The number of oxime groups is 1. The van der Waals surface area contributed by atoms with Crippen molar-refractivity contribution in [3.63, 3.8) is 0 Å². The van der Waals surface area contributed by atoms with Crippen LogP contribution in [0.3, 0.4) is 0 Å². The van der Waals surface area contributed by atoms with Gasteiger partial charge in [0.15, 0.2) is 5.84 Å². The highest BCUT2D eigenvalue weighted by Gasteiger charge is 2.14. The molecule has 0 bridgehead atoms. The van der Waals surface area contributed by atoms with Crippen LogP contribution in [0, 0.1) is 5.92 Å². The Balaban J connectivity index is 1.75. The molecule has 1 atom stereocenters. The molecule has 4 N–H and O–H groups in total. The zero-order chi connectivity index (χ0) is 15.1. The number of nitrogens with one attached hydrogen (secondary N) is 1. The molecule has 1 aliphatic rings. The maximum absolute atomic E-state index is 8.71. The number of rotatable bonds is 7. The second-order valence-electron chi connectivity index (χ2n) is 5.93. The van der Waals surface area contributed by atoms with Crippen molar-refractivity contribution < 1.29 is 5.21 Å². The van der Waals surface area contributed by atoms with Gasteiger partial charge in [0.25, 0.3) is 0 Å². The summed E-state index contributed by atoms with van der Waals surface area (Å²) in [6.45, 7) is 7.79. The zero-order valence-electron chi connectivity index (χ0n) is 12.8. The summed E-state index contributed by atoms with van der Waals surface area (Å²) in [7, 11) is 0. The minimum absolute atomic E-state index is 0.152. The molecule has 1 unspecified atom stereocenters. The predicted octanol–water partition coefficient (Wildman–Crippen LogP) is 1.60. The monoisotopic (exact) mass is 290 g/mol. The van der Waals surface area contributed by atoms with Crippen molar-refractivity contribution in [3.8, 4) is 0 Å². The molecule has 0 radical (unpaired) electrons. The Morgan fingerprint density at radius 2 is 2.19 bits per heavy atom. The lowest BCUT2D eigenvalue weighted by Crippen LogP contribution is -2.31. The summed E-state index contributed by atoms with van der Waals surface area (Å²) >= 11 is 0. The summed E-state index contributed by atoms with van der Waals surface area (Å²) in [5, 5.41) is 15.2. The first kappa shape index (κ1) is 15.8. The van der Waals surface area contributed by atoms with Gasteiger partial charge >= 0.3 is 0 Å². The summed E-state index contributed by atoms with van der Waals surface area (Å²) in [6, 6.07) is 7.77. The van der Waals surface area contributed by atoms with E-state index in [0.717, 1.165) is 24.2 Å². The van der Waals surface area contributed by atoms with Gasteiger partial charge in [0.05, 0.1) is 0 Å². The second kappa shape index (κ2) is 8.00. The van der Waals surface area contributed by atoms with Crippen molar-refractivity contribution in [2.75, 3.05) is 26.2 Å². The van der Waals surface area contributed by atoms with Gasteiger partial charge in [0.1, 0.15) is 0 Å². The largest absolute Gasteiger partial charge is 0.409 e. The van der Waals surface area contributed by atoms with E-state index < -0.39 is 0 Å². The second-order valence-corrected chi connectivity index (χ2v) is 5.93. The molecular weight excluding hydrogens is 264 g/mol. The number of amidine groups is 1. The van der Waals surface area contributed by atoms with Crippen LogP contribution in [0.15, 0.2) is 29.4 Å². The third kappa shape index (κ3) is 5.02. The highest BCUT2D eigenvalue weighted by molar-refractivity contribution is 5.97. The minimum Gasteiger partial charge on any atom is -0.409 e. The Labute approximate surface area is 126 Å². The van der Waals surface area contributed by atoms with E-state index in [2.05, 4.69) is 22.3 Å². The zero-order valence-corrected chi connectivity index (χ0v) is 12.8. The summed E-state index contributed by atoms with van der Waals surface area (Å²) in [5.74, 6) is 0.801. The van der Waals surface area contributed by atoms with Crippen molar-refractivity contribution in [2.45, 2.75) is 26.3 Å². The summed E-state index contributed by atoms with van der Waals surface area (Å²) in [6.07, 6.45) is 2.70. The molecule has 21 heavy (non-hydrogen) atoms. The summed E-state index contributed by atoms with van der Waals surface area (Å²) < 4.78 is 0. The van der Waals surface area contributed by atoms with Gasteiger partial charge in [-0.1, -0.05) is 30.3 Å². The standard InChI is InChI=1S/C16H26N4O/c1-13(12-20-7-2-3-8-20)10-18-11-14-5-4-6-15(9-14)16(17)19-21/h4-6,9,13,18,21H,2-3,7-8,10-12H2,1H3,(H2,17,19). The van der Waals surface area contributed by atoms with E-state index >= 15 is 0 Å². The Morgan fingerprint density at radius 1 is 1.43 bits per heavy atom. The van der Waals surface area contributed by atoms with Crippen LogP contribution in [0.5, 0.6) is 0 Å². The van der Waals surface area contributed by atoms with Crippen molar-refractivity contribution in [2.24, 2.45) is 16.8 Å². The van der Waals surface area contributed by atoms with Crippen LogP contribution in [0.1, 0.15) is 30.9 Å². The SMILES string of the molecule is CC(CNCc1cccc(C(N)=NO)c1)CN1CCCC1. The number of nitrogens with zero attached hydrogens (tertiary/aromatic N) is 2. The lowest BCUT2D eigenvalue weighted by Gasteiger charge is -2.20. The molecule has 2 rings (SSSR count). The fourth-order valence-corrected chi connectivity index (χ4v) is 2.83. The molecule has 5 heteroatoms. The smallest absolute Gasteiger partial charge is 0.170 e. The van der Waals surface area contributed by atoms with E-state index in [9.17, 15) is 0 Å². The Kier molecular flexibility index (Phi) is 6.02. The molecule has 1 saturated heterocycles. The van der Waals surface area contributed by atoms with Crippen LogP contribution >= 0.6 is 0 Å². The average Bonchev–Trinajstić information content (AvgIpc) is 2.99. The number of hydrogen-bond donors (Lipinski definition) is 3. The van der Waals surface area contributed by atoms with Gasteiger partial charge < -0.3 is 21.2 Å². The molecule has 1 fully saturated rings. The van der Waals surface area contributed by atoms with Gasteiger partial charge in [-0.2, -0.15) is 0 Å². The molecule has 116 valence electrons. The molecule has 0 aliphatic carbocycles. The number of nitrogens with two attached hydrogens (primary N) is 1. The van der Waals surface area contributed by atoms with Crippen LogP contribution in [-0.4, -0.2) is 42.1 Å². The maximum atomic E-state index is 8.71. The molecule has 1 aromatic rings. The van der Waals surface area contributed by atoms with Crippen molar-refractivity contribution in [1.29, 1.82) is 0 Å². The third-order valence-electron chi connectivity index (χ3n) is 3.92. The quantitative estimate of drug-likeness (QED) is 0.309. The maximum Gasteiger partial charge on any atom is 0.170 e. The molecule has 0 amide bonds. The minimum atomic E-state index is 0.152. The van der Waals surface area contributed by atoms with E-state index in [1.54, 1.807) is 0 Å². The first-order valence-corrected chi connectivity index (χ1v) is 7.69.